The van der Waals surface area contributed by atoms with Crippen LogP contribution in [0.5, 0.6) is 5.75 Å². The van der Waals surface area contributed by atoms with E-state index < -0.39 is 5.97 Å². The molecule has 2 aromatic rings. The van der Waals surface area contributed by atoms with Crippen LogP contribution in [-0.4, -0.2) is 27.5 Å². The predicted octanol–water partition coefficient (Wildman–Crippen LogP) is 2.48. The molecular weight excluding hydrogens is 314 g/mol. The standard InChI is InChI=1S/C16H15N3O3S/c1-10-3-2-4-12(14(10)20)9-18-19(16(17)23)13-7-5-11(6-8-13)15(21)22/h2-9,20H,1H3,(H2,17,23)(H,21,22). The number of carbonyl (C=O) groups is 1. The van der Waals surface area contributed by atoms with Gasteiger partial charge < -0.3 is 15.9 Å². The summed E-state index contributed by atoms with van der Waals surface area (Å²) in [6.45, 7) is 1.78. The second-order valence-electron chi connectivity index (χ2n) is 4.76. The van der Waals surface area contributed by atoms with Crippen LogP contribution < -0.4 is 10.7 Å². The number of aromatic hydroxyl groups is 1. The molecule has 118 valence electrons. The van der Waals surface area contributed by atoms with E-state index in [1.807, 2.05) is 0 Å². The first kappa shape index (κ1) is 16.4. The van der Waals surface area contributed by atoms with E-state index in [0.717, 1.165) is 5.56 Å². The molecule has 0 saturated heterocycles. The molecule has 2 rings (SSSR count). The van der Waals surface area contributed by atoms with E-state index in [1.54, 1.807) is 37.3 Å². The van der Waals surface area contributed by atoms with Gasteiger partial charge in [0.2, 0.25) is 0 Å². The van der Waals surface area contributed by atoms with Gasteiger partial charge in [-0.2, -0.15) is 5.10 Å². The zero-order valence-electron chi connectivity index (χ0n) is 12.3. The van der Waals surface area contributed by atoms with Crippen molar-refractivity contribution in [1.82, 2.24) is 0 Å². The van der Waals surface area contributed by atoms with Gasteiger partial charge in [-0.25, -0.2) is 9.80 Å². The Bertz CT molecular complexity index is 773. The molecule has 0 spiro atoms. The first-order chi connectivity index (χ1) is 10.9. The van der Waals surface area contributed by atoms with Crippen molar-refractivity contribution >= 4 is 35.2 Å². The molecular formula is C16H15N3O3S. The largest absolute Gasteiger partial charge is 0.507 e. The van der Waals surface area contributed by atoms with Gasteiger partial charge in [-0.05, 0) is 55.0 Å². The van der Waals surface area contributed by atoms with Gasteiger partial charge in [0.15, 0.2) is 5.11 Å². The van der Waals surface area contributed by atoms with Gasteiger partial charge in [-0.3, -0.25) is 0 Å². The smallest absolute Gasteiger partial charge is 0.335 e. The lowest BCUT2D eigenvalue weighted by Gasteiger charge is -2.17. The zero-order valence-corrected chi connectivity index (χ0v) is 13.1. The van der Waals surface area contributed by atoms with Crippen LogP contribution in [0, 0.1) is 6.92 Å². The topological polar surface area (TPSA) is 99.2 Å². The highest BCUT2D eigenvalue weighted by molar-refractivity contribution is 7.80. The van der Waals surface area contributed by atoms with Crippen LogP contribution in [0.4, 0.5) is 5.69 Å². The van der Waals surface area contributed by atoms with Crippen molar-refractivity contribution in [3.8, 4) is 5.75 Å². The minimum absolute atomic E-state index is 0.00327. The van der Waals surface area contributed by atoms with Gasteiger partial charge in [0.1, 0.15) is 5.75 Å². The third kappa shape index (κ3) is 3.83. The molecule has 0 fully saturated rings. The maximum absolute atomic E-state index is 10.9. The molecule has 4 N–H and O–H groups in total. The normalized spacial score (nSPS) is 10.7. The number of phenols is 1. The highest BCUT2D eigenvalue weighted by Gasteiger charge is 2.10. The number of nitrogens with zero attached hydrogens (tertiary/aromatic N) is 2. The molecule has 0 aliphatic rings. The number of anilines is 1. The van der Waals surface area contributed by atoms with Gasteiger partial charge in [0.05, 0.1) is 17.5 Å². The number of benzene rings is 2. The van der Waals surface area contributed by atoms with E-state index in [4.69, 9.17) is 23.1 Å². The molecule has 23 heavy (non-hydrogen) atoms. The Morgan fingerprint density at radius 1 is 1.26 bits per heavy atom. The number of rotatable bonds is 4. The molecule has 0 unspecified atom stereocenters. The van der Waals surface area contributed by atoms with Gasteiger partial charge in [-0.1, -0.05) is 12.1 Å². The summed E-state index contributed by atoms with van der Waals surface area (Å²) in [5, 5.41) is 24.3. The summed E-state index contributed by atoms with van der Waals surface area (Å²) < 4.78 is 0. The van der Waals surface area contributed by atoms with Crippen LogP contribution in [0.25, 0.3) is 0 Å². The average Bonchev–Trinajstić information content (AvgIpc) is 2.51. The number of hydrogen-bond acceptors (Lipinski definition) is 4. The van der Waals surface area contributed by atoms with Crippen molar-refractivity contribution in [2.75, 3.05) is 5.01 Å². The fraction of sp³-hybridized carbons (Fsp3) is 0.0625. The molecule has 0 amide bonds. The third-order valence-electron chi connectivity index (χ3n) is 3.15. The van der Waals surface area contributed by atoms with E-state index in [0.29, 0.717) is 11.3 Å². The molecule has 0 atom stereocenters. The number of phenolic OH excluding ortho intramolecular Hbond substituents is 1. The fourth-order valence-corrected chi connectivity index (χ4v) is 2.05. The van der Waals surface area contributed by atoms with Crippen LogP contribution in [0.1, 0.15) is 21.5 Å². The van der Waals surface area contributed by atoms with E-state index >= 15 is 0 Å². The highest BCUT2D eigenvalue weighted by atomic mass is 32.1. The molecule has 7 heteroatoms. The third-order valence-corrected chi connectivity index (χ3v) is 3.32. The van der Waals surface area contributed by atoms with Crippen LogP contribution in [0.2, 0.25) is 0 Å². The molecule has 0 bridgehead atoms. The van der Waals surface area contributed by atoms with E-state index in [-0.39, 0.29) is 16.4 Å². The molecule has 2 aromatic carbocycles. The lowest BCUT2D eigenvalue weighted by molar-refractivity contribution is 0.0697. The SMILES string of the molecule is Cc1cccc(C=NN(C(N)=S)c2ccc(C(=O)O)cc2)c1O. The predicted molar refractivity (Wildman–Crippen MR) is 93.1 cm³/mol. The van der Waals surface area contributed by atoms with E-state index in [9.17, 15) is 9.90 Å². The minimum Gasteiger partial charge on any atom is -0.507 e. The summed E-state index contributed by atoms with van der Waals surface area (Å²) in [7, 11) is 0. The molecule has 0 aliphatic heterocycles. The lowest BCUT2D eigenvalue weighted by atomic mass is 10.1. The first-order valence-corrected chi connectivity index (χ1v) is 7.06. The number of nitrogens with two attached hydrogens (primary N) is 1. The Morgan fingerprint density at radius 3 is 2.48 bits per heavy atom. The number of hydrogen-bond donors (Lipinski definition) is 3. The second-order valence-corrected chi connectivity index (χ2v) is 5.18. The molecule has 0 heterocycles. The molecule has 6 nitrogen and oxygen atoms in total. The molecule has 0 aromatic heterocycles. The minimum atomic E-state index is -1.02. The van der Waals surface area contributed by atoms with Crippen LogP contribution >= 0.6 is 12.2 Å². The summed E-state index contributed by atoms with van der Waals surface area (Å²) in [5.74, 6) is -0.896. The van der Waals surface area contributed by atoms with Crippen molar-refractivity contribution in [3.05, 3.63) is 59.2 Å². The van der Waals surface area contributed by atoms with Crippen molar-refractivity contribution < 1.29 is 15.0 Å². The van der Waals surface area contributed by atoms with Crippen molar-refractivity contribution in [3.63, 3.8) is 0 Å². The van der Waals surface area contributed by atoms with Gasteiger partial charge in [-0.15, -0.1) is 0 Å². The van der Waals surface area contributed by atoms with E-state index in [2.05, 4.69) is 5.10 Å². The molecule has 0 aliphatic carbocycles. The van der Waals surface area contributed by atoms with E-state index in [1.165, 1.54) is 23.4 Å². The number of aryl methyl sites for hydroxylation is 1. The number of carboxylic acid groups (broad SMARTS) is 1. The summed E-state index contributed by atoms with van der Waals surface area (Å²) in [5.41, 5.74) is 7.58. The Morgan fingerprint density at radius 2 is 1.91 bits per heavy atom. The van der Waals surface area contributed by atoms with Crippen LogP contribution in [0.3, 0.4) is 0 Å². The monoisotopic (exact) mass is 329 g/mol. The van der Waals surface area contributed by atoms with Crippen molar-refractivity contribution in [2.45, 2.75) is 6.92 Å². The Kier molecular flexibility index (Phi) is 4.92. The number of aromatic carboxylic acids is 1. The summed E-state index contributed by atoms with van der Waals surface area (Å²) in [6, 6.07) is 11.3. The van der Waals surface area contributed by atoms with Crippen LogP contribution in [-0.2, 0) is 0 Å². The number of carboxylic acids is 1. The fourth-order valence-electron chi connectivity index (χ4n) is 1.90. The highest BCUT2D eigenvalue weighted by Crippen LogP contribution is 2.21. The summed E-state index contributed by atoms with van der Waals surface area (Å²) in [4.78, 5) is 10.9. The first-order valence-electron chi connectivity index (χ1n) is 6.65. The number of thiocarbonyl (C=S) groups is 1. The lowest BCUT2D eigenvalue weighted by Crippen LogP contribution is -2.31. The zero-order chi connectivity index (χ0) is 17.0. The van der Waals surface area contributed by atoms with Gasteiger partial charge in [0, 0.05) is 5.56 Å². The summed E-state index contributed by atoms with van der Waals surface area (Å²) >= 11 is 4.97. The van der Waals surface area contributed by atoms with Crippen molar-refractivity contribution in [1.29, 1.82) is 0 Å². The van der Waals surface area contributed by atoms with Gasteiger partial charge >= 0.3 is 5.97 Å². The average molecular weight is 329 g/mol. The number of para-hydroxylation sites is 1. The Hall–Kier alpha value is -2.93. The Balaban J connectivity index is 2.32. The second kappa shape index (κ2) is 6.89. The molecule has 0 saturated carbocycles. The maximum atomic E-state index is 10.9. The van der Waals surface area contributed by atoms with Gasteiger partial charge in [0.25, 0.3) is 0 Å². The molecule has 0 radical (unpaired) electrons. The summed E-state index contributed by atoms with van der Waals surface area (Å²) in [6.07, 6.45) is 1.44. The van der Waals surface area contributed by atoms with Crippen molar-refractivity contribution in [2.24, 2.45) is 10.8 Å². The Labute approximate surface area is 138 Å². The van der Waals surface area contributed by atoms with Crippen LogP contribution in [0.15, 0.2) is 47.6 Å². The number of hydrazone groups is 1. The maximum Gasteiger partial charge on any atom is 0.335 e. The quantitative estimate of drug-likeness (QED) is 0.453.